The molecular weight excluding hydrogens is 248 g/mol. The Morgan fingerprint density at radius 2 is 2.00 bits per heavy atom. The van der Waals surface area contributed by atoms with Gasteiger partial charge in [-0.15, -0.1) is 0 Å². The first-order valence-corrected chi connectivity index (χ1v) is 7.44. The molecule has 0 saturated carbocycles. The van der Waals surface area contributed by atoms with Gasteiger partial charge in [0.25, 0.3) is 0 Å². The lowest BCUT2D eigenvalue weighted by atomic mass is 9.90. The Morgan fingerprint density at radius 3 is 2.65 bits per heavy atom. The highest BCUT2D eigenvalue weighted by atomic mass is 16.1. The van der Waals surface area contributed by atoms with Crippen LogP contribution < -0.4 is 0 Å². The number of nitrogens with zero attached hydrogens (tertiary/aromatic N) is 2. The fraction of sp³-hybridized carbons (Fsp3) is 0.529. The van der Waals surface area contributed by atoms with E-state index in [2.05, 4.69) is 29.1 Å². The van der Waals surface area contributed by atoms with Crippen molar-refractivity contribution < 1.29 is 4.79 Å². The molecule has 1 aliphatic rings. The molecule has 1 aromatic rings. The Hall–Kier alpha value is -1.48. The zero-order valence-corrected chi connectivity index (χ0v) is 12.5. The van der Waals surface area contributed by atoms with Crippen LogP contribution in [0, 0.1) is 5.92 Å². The Kier molecular flexibility index (Phi) is 5.48. The molecule has 1 saturated heterocycles. The normalized spacial score (nSPS) is 19.3. The summed E-state index contributed by atoms with van der Waals surface area (Å²) >= 11 is 0. The zero-order valence-electron chi connectivity index (χ0n) is 12.5. The van der Waals surface area contributed by atoms with Crippen molar-refractivity contribution in [3.05, 3.63) is 35.9 Å². The van der Waals surface area contributed by atoms with E-state index in [1.807, 2.05) is 31.3 Å². The third-order valence-corrected chi connectivity index (χ3v) is 4.03. The fourth-order valence-corrected chi connectivity index (χ4v) is 2.64. The van der Waals surface area contributed by atoms with Crippen LogP contribution in [0.15, 0.2) is 35.3 Å². The SMILES string of the molecule is CC(N=CCc1ccccc1)C(=O)C1CCN(C)CC1. The van der Waals surface area contributed by atoms with Crippen molar-refractivity contribution in [3.8, 4) is 0 Å². The molecule has 0 radical (unpaired) electrons. The maximum absolute atomic E-state index is 12.3. The van der Waals surface area contributed by atoms with E-state index < -0.39 is 0 Å². The Labute approximate surface area is 121 Å². The third-order valence-electron chi connectivity index (χ3n) is 4.03. The van der Waals surface area contributed by atoms with Crippen molar-refractivity contribution in [2.45, 2.75) is 32.2 Å². The Balaban J connectivity index is 1.81. The van der Waals surface area contributed by atoms with Crippen molar-refractivity contribution in [2.75, 3.05) is 20.1 Å². The van der Waals surface area contributed by atoms with Crippen molar-refractivity contribution in [3.63, 3.8) is 0 Å². The van der Waals surface area contributed by atoms with E-state index >= 15 is 0 Å². The summed E-state index contributed by atoms with van der Waals surface area (Å²) in [5, 5.41) is 0. The summed E-state index contributed by atoms with van der Waals surface area (Å²) in [7, 11) is 2.11. The van der Waals surface area contributed by atoms with Crippen molar-refractivity contribution >= 4 is 12.0 Å². The molecule has 1 atom stereocenters. The molecule has 2 rings (SSSR count). The summed E-state index contributed by atoms with van der Waals surface area (Å²) in [6.45, 7) is 3.97. The first kappa shape index (κ1) is 14.9. The van der Waals surface area contributed by atoms with E-state index in [0.717, 1.165) is 32.4 Å². The van der Waals surface area contributed by atoms with Crippen LogP contribution in [0.1, 0.15) is 25.3 Å². The monoisotopic (exact) mass is 272 g/mol. The second-order valence-electron chi connectivity index (χ2n) is 5.68. The number of likely N-dealkylation sites (tertiary alicyclic amines) is 1. The number of piperidine rings is 1. The first-order chi connectivity index (χ1) is 9.66. The van der Waals surface area contributed by atoms with Gasteiger partial charge in [0.05, 0.1) is 0 Å². The maximum Gasteiger partial charge on any atom is 0.160 e. The molecule has 108 valence electrons. The molecule has 0 bridgehead atoms. The second-order valence-corrected chi connectivity index (χ2v) is 5.68. The zero-order chi connectivity index (χ0) is 14.4. The van der Waals surface area contributed by atoms with Crippen molar-refractivity contribution in [1.82, 2.24) is 4.90 Å². The van der Waals surface area contributed by atoms with Crippen LogP contribution in [0.25, 0.3) is 0 Å². The molecule has 20 heavy (non-hydrogen) atoms. The topological polar surface area (TPSA) is 32.7 Å². The Morgan fingerprint density at radius 1 is 1.35 bits per heavy atom. The molecule has 1 unspecified atom stereocenters. The minimum atomic E-state index is -0.202. The van der Waals surface area contributed by atoms with Crippen LogP contribution in [0.2, 0.25) is 0 Å². The fourth-order valence-electron chi connectivity index (χ4n) is 2.64. The van der Waals surface area contributed by atoms with Gasteiger partial charge in [-0.1, -0.05) is 30.3 Å². The summed E-state index contributed by atoms with van der Waals surface area (Å²) in [6.07, 6.45) is 4.64. The smallest absolute Gasteiger partial charge is 0.160 e. The molecule has 0 aromatic heterocycles. The number of hydrogen-bond donors (Lipinski definition) is 0. The summed E-state index contributed by atoms with van der Waals surface area (Å²) in [5.41, 5.74) is 1.23. The van der Waals surface area contributed by atoms with Crippen LogP contribution in [0.4, 0.5) is 0 Å². The van der Waals surface area contributed by atoms with Crippen molar-refractivity contribution in [1.29, 1.82) is 0 Å². The van der Waals surface area contributed by atoms with E-state index in [4.69, 9.17) is 0 Å². The summed E-state index contributed by atoms with van der Waals surface area (Å²) in [6, 6.07) is 10.0. The molecule has 0 amide bonds. The first-order valence-electron chi connectivity index (χ1n) is 7.44. The highest BCUT2D eigenvalue weighted by molar-refractivity contribution is 5.87. The van der Waals surface area contributed by atoms with Crippen molar-refractivity contribution in [2.24, 2.45) is 10.9 Å². The Bertz CT molecular complexity index is 447. The summed E-state index contributed by atoms with van der Waals surface area (Å²) < 4.78 is 0. The van der Waals surface area contributed by atoms with Gasteiger partial charge in [-0.05, 0) is 45.5 Å². The van der Waals surface area contributed by atoms with E-state index in [9.17, 15) is 4.79 Å². The maximum atomic E-state index is 12.3. The molecule has 0 aliphatic carbocycles. The van der Waals surface area contributed by atoms with E-state index in [1.54, 1.807) is 0 Å². The third kappa shape index (κ3) is 4.27. The number of ketones is 1. The molecule has 3 nitrogen and oxygen atoms in total. The molecule has 1 aromatic carbocycles. The summed E-state index contributed by atoms with van der Waals surface area (Å²) in [5.74, 6) is 0.512. The number of carbonyl (C=O) groups is 1. The van der Waals surface area contributed by atoms with Crippen LogP contribution in [0.5, 0.6) is 0 Å². The number of Topliss-reactive ketones (excluding diaryl/α,β-unsaturated/α-hetero) is 1. The number of aliphatic imine (C=N–C) groups is 1. The molecule has 1 fully saturated rings. The van der Waals surface area contributed by atoms with Crippen LogP contribution in [-0.4, -0.2) is 43.1 Å². The van der Waals surface area contributed by atoms with E-state index in [0.29, 0.717) is 5.78 Å². The van der Waals surface area contributed by atoms with Gasteiger partial charge >= 0.3 is 0 Å². The average Bonchev–Trinajstić information content (AvgIpc) is 2.48. The predicted octanol–water partition coefficient (Wildman–Crippen LogP) is 2.60. The van der Waals surface area contributed by atoms with Gasteiger partial charge in [0.2, 0.25) is 0 Å². The summed E-state index contributed by atoms with van der Waals surface area (Å²) in [4.78, 5) is 19.0. The highest BCUT2D eigenvalue weighted by Crippen LogP contribution is 2.19. The van der Waals surface area contributed by atoms with Gasteiger partial charge in [0.1, 0.15) is 6.04 Å². The lowest BCUT2D eigenvalue weighted by Gasteiger charge is -2.28. The number of hydrogen-bond acceptors (Lipinski definition) is 3. The second kappa shape index (κ2) is 7.34. The van der Waals surface area contributed by atoms with Gasteiger partial charge in [0.15, 0.2) is 5.78 Å². The number of carbonyl (C=O) groups excluding carboxylic acids is 1. The quantitative estimate of drug-likeness (QED) is 0.772. The minimum Gasteiger partial charge on any atom is -0.306 e. The standard InChI is InChI=1S/C17H24N2O/c1-14(17(20)16-9-12-19(2)13-10-16)18-11-8-15-6-4-3-5-7-15/h3-7,11,14,16H,8-10,12-13H2,1-2H3. The van der Waals surface area contributed by atoms with E-state index in [1.165, 1.54) is 5.56 Å². The van der Waals surface area contributed by atoms with Crippen LogP contribution in [0.3, 0.4) is 0 Å². The van der Waals surface area contributed by atoms with Gasteiger partial charge in [-0.2, -0.15) is 0 Å². The van der Waals surface area contributed by atoms with Gasteiger partial charge in [-0.25, -0.2) is 0 Å². The van der Waals surface area contributed by atoms with Crippen LogP contribution in [-0.2, 0) is 11.2 Å². The van der Waals surface area contributed by atoms with Gasteiger partial charge in [-0.3, -0.25) is 9.79 Å². The molecular formula is C17H24N2O. The molecule has 1 heterocycles. The molecule has 3 heteroatoms. The van der Waals surface area contributed by atoms with E-state index in [-0.39, 0.29) is 12.0 Å². The largest absolute Gasteiger partial charge is 0.306 e. The molecule has 0 N–H and O–H groups in total. The van der Waals surface area contributed by atoms with Crippen LogP contribution >= 0.6 is 0 Å². The lowest BCUT2D eigenvalue weighted by molar-refractivity contribution is -0.125. The van der Waals surface area contributed by atoms with Gasteiger partial charge in [0, 0.05) is 18.6 Å². The highest BCUT2D eigenvalue weighted by Gasteiger charge is 2.26. The number of rotatable bonds is 5. The lowest BCUT2D eigenvalue weighted by Crippen LogP contribution is -2.36. The number of benzene rings is 1. The predicted molar refractivity (Wildman–Crippen MR) is 83.3 cm³/mol. The average molecular weight is 272 g/mol. The molecule has 0 spiro atoms. The van der Waals surface area contributed by atoms with Gasteiger partial charge < -0.3 is 4.90 Å². The molecule has 1 aliphatic heterocycles. The minimum absolute atomic E-state index is 0.202.